The van der Waals surface area contributed by atoms with Gasteiger partial charge in [-0.1, -0.05) is 78.9 Å². The van der Waals surface area contributed by atoms with Gasteiger partial charge in [0.1, 0.15) is 13.2 Å². The van der Waals surface area contributed by atoms with Gasteiger partial charge >= 0.3 is 18.2 Å². The fraction of sp³-hybridized carbons (Fsp3) is 0.300. The van der Waals surface area contributed by atoms with E-state index in [1.807, 2.05) is 66.7 Å². The molecule has 0 radical (unpaired) electrons. The van der Waals surface area contributed by atoms with Crippen molar-refractivity contribution in [1.82, 2.24) is 10.2 Å². The number of aliphatic carboxylic acids is 1. The average molecular weight is 515 g/mol. The lowest BCUT2D eigenvalue weighted by atomic mass is 9.84. The number of nitrogens with zero attached hydrogens (tertiary/aromatic N) is 1. The Labute approximate surface area is 221 Å². The van der Waals surface area contributed by atoms with Crippen LogP contribution < -0.4 is 5.32 Å². The van der Waals surface area contributed by atoms with Crippen LogP contribution in [0, 0.1) is 0 Å². The molecule has 38 heavy (non-hydrogen) atoms. The first kappa shape index (κ1) is 25.3. The van der Waals surface area contributed by atoms with Crippen molar-refractivity contribution < 1.29 is 29.0 Å². The predicted octanol–water partition coefficient (Wildman–Crippen LogP) is 5.17. The molecule has 1 fully saturated rings. The van der Waals surface area contributed by atoms with Crippen LogP contribution in [0.4, 0.5) is 9.59 Å². The van der Waals surface area contributed by atoms with Crippen LogP contribution in [-0.2, 0) is 20.9 Å². The van der Waals surface area contributed by atoms with Gasteiger partial charge in [-0.2, -0.15) is 0 Å². The van der Waals surface area contributed by atoms with E-state index in [2.05, 4.69) is 17.4 Å². The zero-order chi connectivity index (χ0) is 26.5. The molecular weight excluding hydrogens is 484 g/mol. The first-order valence-corrected chi connectivity index (χ1v) is 12.7. The van der Waals surface area contributed by atoms with Crippen molar-refractivity contribution in [2.45, 2.75) is 37.3 Å². The Morgan fingerprint density at radius 2 is 1.42 bits per heavy atom. The number of fused-ring (bicyclic) bond motifs is 3. The highest BCUT2D eigenvalue weighted by molar-refractivity contribution is 5.79. The third-order valence-electron chi connectivity index (χ3n) is 7.38. The summed E-state index contributed by atoms with van der Waals surface area (Å²) >= 11 is 0. The highest BCUT2D eigenvalue weighted by Crippen LogP contribution is 2.44. The Morgan fingerprint density at radius 1 is 0.842 bits per heavy atom. The average Bonchev–Trinajstić information content (AvgIpc) is 3.25. The van der Waals surface area contributed by atoms with Crippen molar-refractivity contribution in [3.05, 3.63) is 95.6 Å². The standard InChI is InChI=1S/C30H30N2O6/c33-27(34)18-30(14-16-32(17-15-30)29(36)38-19-21-8-2-1-3-9-21)31-28(35)37-20-26-24-12-6-4-10-22(24)23-11-5-7-13-25(23)26/h1-13,26H,14-20H2,(H,31,35)(H,33,34). The molecule has 8 heteroatoms. The SMILES string of the molecule is O=C(O)CC1(NC(=O)OCC2c3ccccc3-c3ccccc32)CCN(C(=O)OCc2ccccc2)CC1. The van der Waals surface area contributed by atoms with E-state index in [1.165, 1.54) is 0 Å². The fourth-order valence-electron chi connectivity index (χ4n) is 5.41. The predicted molar refractivity (Wildman–Crippen MR) is 141 cm³/mol. The van der Waals surface area contributed by atoms with E-state index in [-0.39, 0.29) is 51.5 Å². The van der Waals surface area contributed by atoms with Gasteiger partial charge in [-0.3, -0.25) is 4.79 Å². The minimum absolute atomic E-state index is 0.0928. The number of hydrogen-bond donors (Lipinski definition) is 2. The van der Waals surface area contributed by atoms with Gasteiger partial charge < -0.3 is 24.8 Å². The van der Waals surface area contributed by atoms with Crippen molar-refractivity contribution >= 4 is 18.2 Å². The molecule has 2 N–H and O–H groups in total. The van der Waals surface area contributed by atoms with E-state index in [1.54, 1.807) is 4.90 Å². The molecule has 2 aliphatic rings. The summed E-state index contributed by atoms with van der Waals surface area (Å²) < 4.78 is 11.1. The lowest BCUT2D eigenvalue weighted by Gasteiger charge is -2.40. The summed E-state index contributed by atoms with van der Waals surface area (Å²) in [6, 6.07) is 25.5. The van der Waals surface area contributed by atoms with Gasteiger partial charge in [0.25, 0.3) is 0 Å². The van der Waals surface area contributed by atoms with Crippen molar-refractivity contribution in [2.75, 3.05) is 19.7 Å². The summed E-state index contributed by atoms with van der Waals surface area (Å²) in [4.78, 5) is 38.7. The topological polar surface area (TPSA) is 105 Å². The molecule has 8 nitrogen and oxygen atoms in total. The molecular formula is C30H30N2O6. The Balaban J connectivity index is 1.19. The summed E-state index contributed by atoms with van der Waals surface area (Å²) in [6.45, 7) is 0.838. The van der Waals surface area contributed by atoms with Gasteiger partial charge in [-0.25, -0.2) is 9.59 Å². The second-order valence-corrected chi connectivity index (χ2v) is 9.83. The van der Waals surface area contributed by atoms with E-state index >= 15 is 0 Å². The zero-order valence-corrected chi connectivity index (χ0v) is 21.0. The van der Waals surface area contributed by atoms with Crippen molar-refractivity contribution in [3.8, 4) is 11.1 Å². The van der Waals surface area contributed by atoms with Gasteiger partial charge in [-0.05, 0) is 40.7 Å². The molecule has 5 rings (SSSR count). The minimum atomic E-state index is -1.02. The Kier molecular flexibility index (Phi) is 7.31. The fourth-order valence-corrected chi connectivity index (χ4v) is 5.41. The number of rotatable bonds is 7. The van der Waals surface area contributed by atoms with Crippen molar-refractivity contribution in [2.24, 2.45) is 0 Å². The summed E-state index contributed by atoms with van der Waals surface area (Å²) in [6.07, 6.45) is -0.815. The monoisotopic (exact) mass is 514 g/mol. The number of amides is 2. The molecule has 0 atom stereocenters. The third kappa shape index (κ3) is 5.49. The van der Waals surface area contributed by atoms with Gasteiger partial charge in [0.15, 0.2) is 0 Å². The zero-order valence-electron chi connectivity index (χ0n) is 21.0. The molecule has 1 heterocycles. The smallest absolute Gasteiger partial charge is 0.410 e. The van der Waals surface area contributed by atoms with Crippen LogP contribution in [0.15, 0.2) is 78.9 Å². The molecule has 0 unspecified atom stereocenters. The molecule has 0 aromatic heterocycles. The molecule has 1 aliphatic heterocycles. The number of carbonyl (C=O) groups is 3. The number of piperidine rings is 1. The highest BCUT2D eigenvalue weighted by Gasteiger charge is 2.40. The van der Waals surface area contributed by atoms with Crippen LogP contribution in [-0.4, -0.2) is 53.4 Å². The van der Waals surface area contributed by atoms with E-state index in [0.29, 0.717) is 0 Å². The molecule has 0 spiro atoms. The molecule has 2 amide bonds. The molecule has 3 aromatic rings. The quantitative estimate of drug-likeness (QED) is 0.451. The number of carboxylic acid groups (broad SMARTS) is 1. The molecule has 0 saturated carbocycles. The van der Waals surface area contributed by atoms with Crippen molar-refractivity contribution in [3.63, 3.8) is 0 Å². The van der Waals surface area contributed by atoms with Crippen LogP contribution in [0.1, 0.15) is 41.9 Å². The third-order valence-corrected chi connectivity index (χ3v) is 7.38. The van der Waals surface area contributed by atoms with Crippen LogP contribution in [0.25, 0.3) is 11.1 Å². The second-order valence-electron chi connectivity index (χ2n) is 9.83. The summed E-state index contributed by atoms with van der Waals surface area (Å²) in [5.41, 5.74) is 4.34. The van der Waals surface area contributed by atoms with Crippen LogP contribution in [0.5, 0.6) is 0 Å². The normalized spacial score (nSPS) is 15.7. The number of ether oxygens (including phenoxy) is 2. The largest absolute Gasteiger partial charge is 0.481 e. The first-order valence-electron chi connectivity index (χ1n) is 12.7. The first-order chi connectivity index (χ1) is 18.4. The minimum Gasteiger partial charge on any atom is -0.481 e. The van der Waals surface area contributed by atoms with E-state index in [0.717, 1.165) is 27.8 Å². The molecule has 0 bridgehead atoms. The van der Waals surface area contributed by atoms with E-state index in [9.17, 15) is 19.5 Å². The summed E-state index contributed by atoms with van der Waals surface area (Å²) in [7, 11) is 0. The molecule has 3 aromatic carbocycles. The van der Waals surface area contributed by atoms with Gasteiger partial charge in [-0.15, -0.1) is 0 Å². The lowest BCUT2D eigenvalue weighted by molar-refractivity contribution is -0.139. The number of likely N-dealkylation sites (tertiary alicyclic amines) is 1. The molecule has 196 valence electrons. The maximum absolute atomic E-state index is 12.9. The van der Waals surface area contributed by atoms with Crippen LogP contribution in [0.3, 0.4) is 0 Å². The lowest BCUT2D eigenvalue weighted by Crippen LogP contribution is -2.57. The van der Waals surface area contributed by atoms with Gasteiger partial charge in [0.05, 0.1) is 12.0 Å². The Bertz CT molecular complexity index is 1270. The maximum atomic E-state index is 12.9. The molecule has 1 aliphatic carbocycles. The van der Waals surface area contributed by atoms with Crippen molar-refractivity contribution in [1.29, 1.82) is 0 Å². The Hall–Kier alpha value is -4.33. The second kappa shape index (κ2) is 11.0. The van der Waals surface area contributed by atoms with Crippen LogP contribution in [0.2, 0.25) is 0 Å². The number of carboxylic acids is 1. The van der Waals surface area contributed by atoms with Crippen LogP contribution >= 0.6 is 0 Å². The number of nitrogens with one attached hydrogen (secondary N) is 1. The van der Waals surface area contributed by atoms with Gasteiger partial charge in [0.2, 0.25) is 0 Å². The van der Waals surface area contributed by atoms with E-state index < -0.39 is 23.7 Å². The molecule has 1 saturated heterocycles. The summed E-state index contributed by atoms with van der Waals surface area (Å²) in [5.74, 6) is -1.12. The maximum Gasteiger partial charge on any atom is 0.410 e. The Morgan fingerprint density at radius 3 is 2.03 bits per heavy atom. The van der Waals surface area contributed by atoms with Gasteiger partial charge in [0, 0.05) is 19.0 Å². The number of alkyl carbamates (subject to hydrolysis) is 1. The highest BCUT2D eigenvalue weighted by atomic mass is 16.6. The summed E-state index contributed by atoms with van der Waals surface area (Å²) in [5, 5.41) is 12.4. The number of benzene rings is 3. The number of hydrogen-bond acceptors (Lipinski definition) is 5. The van der Waals surface area contributed by atoms with E-state index in [4.69, 9.17) is 9.47 Å². The number of carbonyl (C=O) groups excluding carboxylic acids is 2.